The third-order valence-corrected chi connectivity index (χ3v) is 4.60. The van der Waals surface area contributed by atoms with Crippen LogP contribution in [0.15, 0.2) is 24.4 Å². The summed E-state index contributed by atoms with van der Waals surface area (Å²) in [6.45, 7) is 3.08. The van der Waals surface area contributed by atoms with E-state index in [0.717, 1.165) is 4.90 Å². The van der Waals surface area contributed by atoms with Gasteiger partial charge < -0.3 is 4.90 Å². The molecule has 0 bridgehead atoms. The molecule has 1 amide bonds. The molecule has 1 aromatic heterocycles. The largest absolute Gasteiger partial charge is 0.335 e. The number of rotatable bonds is 9. The van der Waals surface area contributed by atoms with Crippen LogP contribution in [0.2, 0.25) is 0 Å². The van der Waals surface area contributed by atoms with Crippen LogP contribution in [0.1, 0.15) is 37.3 Å². The normalized spacial score (nSPS) is 12.2. The fourth-order valence-corrected chi connectivity index (χ4v) is 2.80. The Labute approximate surface area is 160 Å². The summed E-state index contributed by atoms with van der Waals surface area (Å²) >= 11 is 0. The molecule has 0 aromatic carbocycles. The Balaban J connectivity index is 0.00000676. The lowest BCUT2D eigenvalue weighted by atomic mass is 10.1. The number of nitrogens with zero attached hydrogens (tertiary/aromatic N) is 2. The molecule has 2 N–H and O–H groups in total. The molecule has 0 atom stereocenters. The monoisotopic (exact) mass is 422 g/mol. The predicted molar refractivity (Wildman–Crippen MR) is 104 cm³/mol. The van der Waals surface area contributed by atoms with E-state index in [1.807, 2.05) is 19.9 Å². The van der Waals surface area contributed by atoms with Crippen LogP contribution in [0.25, 0.3) is 6.08 Å². The molecule has 0 fully saturated rings. The zero-order valence-electron chi connectivity index (χ0n) is 14.4. The Hall–Kier alpha value is -1.82. The van der Waals surface area contributed by atoms with Crippen molar-refractivity contribution in [2.45, 2.75) is 21.3 Å². The summed E-state index contributed by atoms with van der Waals surface area (Å²) in [6, 6.07) is 3.16. The van der Waals surface area contributed by atoms with E-state index in [9.17, 15) is 21.6 Å². The first kappa shape index (κ1) is 25.2. The van der Waals surface area contributed by atoms with E-state index in [2.05, 4.69) is 4.98 Å². The Morgan fingerprint density at radius 2 is 1.67 bits per heavy atom. The van der Waals surface area contributed by atoms with Gasteiger partial charge in [-0.05, 0) is 23.6 Å². The molecule has 11 heteroatoms. The second-order valence-corrected chi connectivity index (χ2v) is 9.09. The lowest BCUT2D eigenvalue weighted by molar-refractivity contribution is 0.0768. The number of hydrogen-bond acceptors (Lipinski definition) is 6. The molecule has 0 aliphatic carbocycles. The first-order valence-corrected chi connectivity index (χ1v) is 10.9. The maximum atomic E-state index is 12.6. The zero-order chi connectivity index (χ0) is 20.0. The molecule has 0 aliphatic rings. The molecule has 154 valence electrons. The summed E-state index contributed by atoms with van der Waals surface area (Å²) in [4.78, 5) is 17.4. The summed E-state index contributed by atoms with van der Waals surface area (Å²) < 4.78 is 61.4. The first-order chi connectivity index (χ1) is 11.9. The van der Waals surface area contributed by atoms with Crippen molar-refractivity contribution in [1.82, 2.24) is 9.88 Å². The smallest absolute Gasteiger partial charge is 0.272 e. The van der Waals surface area contributed by atoms with Crippen LogP contribution in [0, 0.1) is 5.92 Å². The van der Waals surface area contributed by atoms with Gasteiger partial charge in [0.05, 0.1) is 11.5 Å². The molecular weight excluding hydrogens is 396 g/mol. The van der Waals surface area contributed by atoms with Crippen LogP contribution in [0.5, 0.6) is 0 Å². The highest BCUT2D eigenvalue weighted by Gasteiger charge is 2.21. The predicted octanol–water partition coefficient (Wildman–Crippen LogP) is 1.60. The van der Waals surface area contributed by atoms with Gasteiger partial charge in [0.25, 0.3) is 26.1 Å². The second kappa shape index (κ2) is 10.5. The Bertz CT molecular complexity index is 827. The molecule has 0 unspecified atom stereocenters. The van der Waals surface area contributed by atoms with E-state index in [-0.39, 0.29) is 13.1 Å². The number of amides is 1. The van der Waals surface area contributed by atoms with Crippen molar-refractivity contribution in [3.05, 3.63) is 35.7 Å². The highest BCUT2D eigenvalue weighted by Crippen LogP contribution is 2.10. The topological polar surface area (TPSA) is 142 Å². The minimum absolute atomic E-state index is 0. The lowest BCUT2D eigenvalue weighted by Gasteiger charge is -2.21. The lowest BCUT2D eigenvalue weighted by Crippen LogP contribution is -2.38. The second-order valence-electron chi connectivity index (χ2n) is 5.94. The van der Waals surface area contributed by atoms with Gasteiger partial charge in [-0.1, -0.05) is 33.4 Å². The van der Waals surface area contributed by atoms with Crippen molar-refractivity contribution in [2.75, 3.05) is 24.6 Å². The van der Waals surface area contributed by atoms with Crippen molar-refractivity contribution >= 4 is 32.2 Å². The van der Waals surface area contributed by atoms with E-state index in [1.54, 1.807) is 12.1 Å². The van der Waals surface area contributed by atoms with Crippen molar-refractivity contribution in [3.8, 4) is 0 Å². The summed E-state index contributed by atoms with van der Waals surface area (Å²) in [7, 11) is -8.70. The van der Waals surface area contributed by atoms with Gasteiger partial charge in [-0.2, -0.15) is 16.8 Å². The molecular formula is C16H26N2O7S2. The molecule has 0 aliphatic heterocycles. The minimum atomic E-state index is -4.35. The van der Waals surface area contributed by atoms with Gasteiger partial charge in [0.1, 0.15) is 5.69 Å². The zero-order valence-corrected chi connectivity index (χ0v) is 16.1. The molecule has 27 heavy (non-hydrogen) atoms. The van der Waals surface area contributed by atoms with Crippen LogP contribution in [0.4, 0.5) is 0 Å². The molecule has 9 nitrogen and oxygen atoms in total. The highest BCUT2D eigenvalue weighted by atomic mass is 32.2. The molecule has 1 aromatic rings. The van der Waals surface area contributed by atoms with Crippen LogP contribution in [-0.4, -0.2) is 66.3 Å². The summed E-state index contributed by atoms with van der Waals surface area (Å²) in [6.07, 6.45) is 5.11. The molecule has 0 spiro atoms. The summed E-state index contributed by atoms with van der Waals surface area (Å²) in [5, 5.41) is 0. The number of aromatic nitrogens is 1. The Morgan fingerprint density at radius 3 is 2.11 bits per heavy atom. The van der Waals surface area contributed by atoms with Gasteiger partial charge in [0.2, 0.25) is 0 Å². The number of carbonyl (C=O) groups excluding carboxylic acids is 1. The SMILES string of the molecule is C.CC(C)/C=C/c1ccnc(C(=O)N(CCS(=O)(=O)O)CCS(=O)(=O)O)c1. The van der Waals surface area contributed by atoms with E-state index in [4.69, 9.17) is 9.11 Å². The number of pyridine rings is 1. The average Bonchev–Trinajstić information content (AvgIpc) is 2.50. The minimum Gasteiger partial charge on any atom is -0.335 e. The van der Waals surface area contributed by atoms with Gasteiger partial charge in [0.15, 0.2) is 0 Å². The van der Waals surface area contributed by atoms with E-state index < -0.39 is 50.7 Å². The highest BCUT2D eigenvalue weighted by molar-refractivity contribution is 7.86. The maximum absolute atomic E-state index is 12.6. The van der Waals surface area contributed by atoms with Crippen molar-refractivity contribution in [2.24, 2.45) is 5.92 Å². The van der Waals surface area contributed by atoms with Crippen LogP contribution in [-0.2, 0) is 20.2 Å². The fraction of sp³-hybridized carbons (Fsp3) is 0.500. The van der Waals surface area contributed by atoms with Crippen LogP contribution in [0.3, 0.4) is 0 Å². The quantitative estimate of drug-likeness (QED) is 0.572. The van der Waals surface area contributed by atoms with Crippen LogP contribution >= 0.6 is 0 Å². The van der Waals surface area contributed by atoms with Gasteiger partial charge in [-0.3, -0.25) is 18.9 Å². The van der Waals surface area contributed by atoms with Gasteiger partial charge >= 0.3 is 0 Å². The van der Waals surface area contributed by atoms with Crippen molar-refractivity contribution < 1.29 is 30.7 Å². The van der Waals surface area contributed by atoms with E-state index in [1.165, 1.54) is 12.3 Å². The number of hydrogen-bond donors (Lipinski definition) is 2. The van der Waals surface area contributed by atoms with Crippen molar-refractivity contribution in [3.63, 3.8) is 0 Å². The van der Waals surface area contributed by atoms with Gasteiger partial charge in [-0.15, -0.1) is 0 Å². The fourth-order valence-electron chi connectivity index (χ4n) is 1.90. The standard InChI is InChI=1S/C15H22N2O7S2.CH4/c1-12(2)3-4-13-5-6-16-14(11-13)15(18)17(7-9-25(19,20)21)8-10-26(22,23)24;/h3-6,11-12H,7-10H2,1-2H3,(H,19,20,21)(H,22,23,24);1H4/b4-3+;. The molecule has 0 radical (unpaired) electrons. The molecule has 1 heterocycles. The molecule has 0 saturated heterocycles. The Kier molecular flexibility index (Phi) is 9.79. The summed E-state index contributed by atoms with van der Waals surface area (Å²) in [5.74, 6) is -1.95. The van der Waals surface area contributed by atoms with Crippen LogP contribution < -0.4 is 0 Å². The third kappa shape index (κ3) is 10.8. The average molecular weight is 423 g/mol. The number of allylic oxidation sites excluding steroid dienone is 1. The molecule has 0 saturated carbocycles. The van der Waals surface area contributed by atoms with Gasteiger partial charge in [-0.25, -0.2) is 0 Å². The van der Waals surface area contributed by atoms with Crippen molar-refractivity contribution in [1.29, 1.82) is 0 Å². The van der Waals surface area contributed by atoms with Gasteiger partial charge in [0, 0.05) is 19.3 Å². The Morgan fingerprint density at radius 1 is 1.15 bits per heavy atom. The first-order valence-electron chi connectivity index (χ1n) is 7.71. The van der Waals surface area contributed by atoms with E-state index >= 15 is 0 Å². The maximum Gasteiger partial charge on any atom is 0.272 e. The number of carbonyl (C=O) groups is 1. The molecule has 1 rings (SSSR count). The third-order valence-electron chi connectivity index (χ3n) is 3.20. The van der Waals surface area contributed by atoms with E-state index in [0.29, 0.717) is 11.5 Å². The summed E-state index contributed by atoms with van der Waals surface area (Å²) in [5.41, 5.74) is 0.683.